The summed E-state index contributed by atoms with van der Waals surface area (Å²) in [7, 11) is -4.31. The number of likely N-dealkylation sites (tertiary alicyclic amines) is 1. The lowest BCUT2D eigenvalue weighted by Crippen LogP contribution is -2.40. The predicted molar refractivity (Wildman–Crippen MR) is 163 cm³/mol. The van der Waals surface area contributed by atoms with Crippen molar-refractivity contribution in [3.8, 4) is 5.75 Å². The van der Waals surface area contributed by atoms with Gasteiger partial charge in [0.1, 0.15) is 11.9 Å². The van der Waals surface area contributed by atoms with Crippen LogP contribution in [0.5, 0.6) is 5.75 Å². The number of amides is 1. The van der Waals surface area contributed by atoms with Crippen molar-refractivity contribution in [2.75, 3.05) is 36.3 Å². The highest BCUT2D eigenvalue weighted by atomic mass is 35.5. The van der Waals surface area contributed by atoms with Gasteiger partial charge in [-0.25, -0.2) is 8.42 Å². The van der Waals surface area contributed by atoms with Crippen LogP contribution in [0.4, 0.5) is 5.69 Å². The third kappa shape index (κ3) is 8.46. The van der Waals surface area contributed by atoms with E-state index in [1.165, 1.54) is 12.1 Å². The first-order valence-corrected chi connectivity index (χ1v) is 15.2. The van der Waals surface area contributed by atoms with E-state index in [0.717, 1.165) is 4.31 Å². The molecule has 0 bridgehead atoms. The summed E-state index contributed by atoms with van der Waals surface area (Å²) in [6.45, 7) is 4.24. The molecule has 0 aliphatic carbocycles. The number of halogens is 1. The van der Waals surface area contributed by atoms with Crippen molar-refractivity contribution in [1.29, 1.82) is 10.8 Å². The molecule has 14 heteroatoms. The minimum absolute atomic E-state index is 0.00170. The highest BCUT2D eigenvalue weighted by molar-refractivity contribution is 7.93. The van der Waals surface area contributed by atoms with Crippen molar-refractivity contribution in [1.82, 2.24) is 4.90 Å². The molecule has 0 atom stereocenters. The zero-order valence-corrected chi connectivity index (χ0v) is 25.0. The number of piperidine rings is 1. The van der Waals surface area contributed by atoms with E-state index in [9.17, 15) is 18.0 Å². The van der Waals surface area contributed by atoms with Crippen molar-refractivity contribution in [3.05, 3.63) is 64.2 Å². The predicted octanol–water partition coefficient (Wildman–Crippen LogP) is 2.98. The maximum atomic E-state index is 13.4. The third-order valence-corrected chi connectivity index (χ3v) is 8.42. The first-order valence-electron chi connectivity index (χ1n) is 13.2. The number of amidine groups is 2. The van der Waals surface area contributed by atoms with Crippen molar-refractivity contribution in [2.45, 2.75) is 32.8 Å². The molecule has 1 fully saturated rings. The molecule has 0 spiro atoms. The fourth-order valence-electron chi connectivity index (χ4n) is 4.41. The van der Waals surface area contributed by atoms with Gasteiger partial charge in [0.2, 0.25) is 10.0 Å². The van der Waals surface area contributed by atoms with Gasteiger partial charge in [0, 0.05) is 31.5 Å². The fourth-order valence-corrected chi connectivity index (χ4v) is 5.94. The Morgan fingerprint density at radius 2 is 1.86 bits per heavy atom. The van der Waals surface area contributed by atoms with Gasteiger partial charge in [-0.1, -0.05) is 42.0 Å². The molecular weight excluding hydrogens is 584 g/mol. The lowest BCUT2D eigenvalue weighted by atomic mass is 10.1. The summed E-state index contributed by atoms with van der Waals surface area (Å²) in [4.78, 5) is 26.6. The minimum Gasteiger partial charge on any atom is -0.488 e. The Labute approximate surface area is 250 Å². The molecule has 2 aromatic rings. The van der Waals surface area contributed by atoms with Gasteiger partial charge in [-0.2, -0.15) is 0 Å². The Kier molecular flexibility index (Phi) is 10.9. The van der Waals surface area contributed by atoms with E-state index in [-0.39, 0.29) is 47.1 Å². The molecule has 0 saturated carbocycles. The maximum Gasteiger partial charge on any atom is 0.323 e. The highest BCUT2D eigenvalue weighted by Crippen LogP contribution is 2.36. The SMILES string of the molecule is CCOC(=O)CS(=O)(=O)N(C/C=C/c1cccc(C(=N)N)c1)c1cc(Cl)c(OC2CCN(C(C)=N)CC2)c(C(N)=O)c1. The number of primary amides is 1. The number of nitrogen functional groups attached to an aromatic ring is 1. The molecule has 1 aliphatic heterocycles. The normalized spacial score (nSPS) is 14.0. The first-order chi connectivity index (χ1) is 19.8. The lowest BCUT2D eigenvalue weighted by molar-refractivity contribution is -0.139. The largest absolute Gasteiger partial charge is 0.488 e. The number of hydrogen-bond acceptors (Lipinski definition) is 8. The molecule has 1 aliphatic rings. The summed E-state index contributed by atoms with van der Waals surface area (Å²) < 4.78 is 38.7. The summed E-state index contributed by atoms with van der Waals surface area (Å²) in [5.74, 6) is -2.37. The van der Waals surface area contributed by atoms with Crippen LogP contribution < -0.4 is 20.5 Å². The number of nitrogens with one attached hydrogen (secondary N) is 2. The number of anilines is 1. The number of carbonyl (C=O) groups is 2. The summed E-state index contributed by atoms with van der Waals surface area (Å²) in [6.07, 6.45) is 4.06. The molecule has 1 heterocycles. The zero-order chi connectivity index (χ0) is 31.0. The number of rotatable bonds is 12. The molecule has 1 amide bonds. The van der Waals surface area contributed by atoms with E-state index < -0.39 is 27.7 Å². The molecule has 226 valence electrons. The summed E-state index contributed by atoms with van der Waals surface area (Å²) in [5.41, 5.74) is 12.3. The summed E-state index contributed by atoms with van der Waals surface area (Å²) in [6, 6.07) is 9.41. The molecule has 6 N–H and O–H groups in total. The van der Waals surface area contributed by atoms with Gasteiger partial charge in [-0.05, 0) is 37.6 Å². The van der Waals surface area contributed by atoms with Crippen LogP contribution in [0.1, 0.15) is 48.2 Å². The minimum atomic E-state index is -4.31. The van der Waals surface area contributed by atoms with Gasteiger partial charge < -0.3 is 25.8 Å². The zero-order valence-electron chi connectivity index (χ0n) is 23.4. The average molecular weight is 619 g/mol. The molecule has 1 saturated heterocycles. The van der Waals surface area contributed by atoms with E-state index in [1.807, 2.05) is 4.90 Å². The number of ether oxygens (including phenoxy) is 2. The van der Waals surface area contributed by atoms with Crippen molar-refractivity contribution < 1.29 is 27.5 Å². The monoisotopic (exact) mass is 618 g/mol. The Bertz CT molecular complexity index is 1490. The van der Waals surface area contributed by atoms with Gasteiger partial charge in [-0.3, -0.25) is 24.7 Å². The van der Waals surface area contributed by atoms with Crippen LogP contribution in [0, 0.1) is 10.8 Å². The number of nitrogens with two attached hydrogens (primary N) is 2. The van der Waals surface area contributed by atoms with Gasteiger partial charge in [0.05, 0.1) is 35.3 Å². The third-order valence-electron chi connectivity index (χ3n) is 6.50. The van der Waals surface area contributed by atoms with E-state index in [4.69, 9.17) is 43.4 Å². The van der Waals surface area contributed by atoms with Crippen molar-refractivity contribution >= 4 is 56.9 Å². The molecular formula is C28H35ClN6O6S. The van der Waals surface area contributed by atoms with E-state index in [2.05, 4.69) is 0 Å². The Balaban J connectivity index is 1.97. The number of hydrogen-bond donors (Lipinski definition) is 4. The van der Waals surface area contributed by atoms with Crippen LogP contribution >= 0.6 is 11.6 Å². The van der Waals surface area contributed by atoms with Gasteiger partial charge in [-0.15, -0.1) is 0 Å². The van der Waals surface area contributed by atoms with Crippen molar-refractivity contribution in [3.63, 3.8) is 0 Å². The molecule has 3 rings (SSSR count). The first kappa shape index (κ1) is 32.4. The Morgan fingerprint density at radius 1 is 1.17 bits per heavy atom. The number of nitrogens with zero attached hydrogens (tertiary/aromatic N) is 2. The fraction of sp³-hybridized carbons (Fsp3) is 0.357. The van der Waals surface area contributed by atoms with Crippen LogP contribution in [0.2, 0.25) is 5.02 Å². The topological polar surface area (TPSA) is 193 Å². The van der Waals surface area contributed by atoms with Crippen LogP contribution in [0.15, 0.2) is 42.5 Å². The molecule has 12 nitrogen and oxygen atoms in total. The molecule has 0 aromatic heterocycles. The van der Waals surface area contributed by atoms with E-state index >= 15 is 0 Å². The van der Waals surface area contributed by atoms with Gasteiger partial charge in [0.25, 0.3) is 5.91 Å². The number of carbonyl (C=O) groups excluding carboxylic acids is 2. The number of esters is 1. The van der Waals surface area contributed by atoms with Crippen LogP contribution in [-0.2, 0) is 19.6 Å². The number of benzene rings is 2. The Morgan fingerprint density at radius 3 is 2.45 bits per heavy atom. The van der Waals surface area contributed by atoms with Crippen LogP contribution in [0.3, 0.4) is 0 Å². The van der Waals surface area contributed by atoms with Crippen molar-refractivity contribution in [2.24, 2.45) is 11.5 Å². The van der Waals surface area contributed by atoms with E-state index in [0.29, 0.717) is 42.9 Å². The van der Waals surface area contributed by atoms with Crippen LogP contribution in [0.25, 0.3) is 6.08 Å². The molecule has 0 unspecified atom stereocenters. The molecule has 2 aromatic carbocycles. The second kappa shape index (κ2) is 14.2. The summed E-state index contributed by atoms with van der Waals surface area (Å²) in [5, 5.41) is 15.4. The molecule has 0 radical (unpaired) electrons. The second-order valence-corrected chi connectivity index (χ2v) is 11.9. The van der Waals surface area contributed by atoms with E-state index in [1.54, 1.807) is 50.3 Å². The van der Waals surface area contributed by atoms with Gasteiger partial charge >= 0.3 is 5.97 Å². The highest BCUT2D eigenvalue weighted by Gasteiger charge is 2.29. The second-order valence-electron chi connectivity index (χ2n) is 9.59. The Hall–Kier alpha value is -4.10. The van der Waals surface area contributed by atoms with Gasteiger partial charge in [0.15, 0.2) is 11.5 Å². The maximum absolute atomic E-state index is 13.4. The standard InChI is InChI=1S/C28H35ClN6O6S/c1-3-40-25(36)17-42(38,39)35(11-5-7-19-6-4-8-20(14-19)27(31)32)21-15-23(28(33)37)26(24(29)16-21)41-22-9-12-34(13-10-22)18(2)30/h4-8,14-16,22,30H,3,9-13,17H2,1-2H3,(H3,31,32)(H2,33,37)/b7-5+,30-18?. The van der Waals surface area contributed by atoms with Crippen LogP contribution in [-0.4, -0.2) is 75.0 Å². The quantitative estimate of drug-likeness (QED) is 0.158. The number of sulfonamides is 1. The lowest BCUT2D eigenvalue weighted by Gasteiger charge is -2.33. The smallest absolute Gasteiger partial charge is 0.323 e. The average Bonchev–Trinajstić information content (AvgIpc) is 2.92. The molecule has 42 heavy (non-hydrogen) atoms. The summed E-state index contributed by atoms with van der Waals surface area (Å²) >= 11 is 6.56.